The van der Waals surface area contributed by atoms with E-state index in [4.69, 9.17) is 5.73 Å². The molecule has 0 saturated heterocycles. The summed E-state index contributed by atoms with van der Waals surface area (Å²) in [5.74, 6) is 0. The molecule has 50 valence electrons. The van der Waals surface area contributed by atoms with Crippen molar-refractivity contribution in [2.24, 2.45) is 11.1 Å². The Morgan fingerprint density at radius 1 is 1.38 bits per heavy atom. The summed E-state index contributed by atoms with van der Waals surface area (Å²) in [7, 11) is 0. The fraction of sp³-hybridized carbons (Fsp3) is 1.00. The van der Waals surface area contributed by atoms with Gasteiger partial charge in [0.2, 0.25) is 0 Å². The van der Waals surface area contributed by atoms with Crippen molar-refractivity contribution in [1.82, 2.24) is 0 Å². The van der Waals surface area contributed by atoms with Crippen LogP contribution < -0.4 is 5.73 Å². The van der Waals surface area contributed by atoms with Crippen molar-refractivity contribution in [3.8, 4) is 0 Å². The van der Waals surface area contributed by atoms with E-state index < -0.39 is 0 Å². The lowest BCUT2D eigenvalue weighted by Gasteiger charge is -2.25. The number of rotatable bonds is 1. The Hall–Kier alpha value is -0.0400. The van der Waals surface area contributed by atoms with Gasteiger partial charge in [-0.1, -0.05) is 27.7 Å². The maximum Gasteiger partial charge on any atom is 0.00850 e. The average Bonchev–Trinajstić information content (AvgIpc) is 1.62. The first-order chi connectivity index (χ1) is 3.48. The van der Waals surface area contributed by atoms with Crippen LogP contribution in [0.1, 0.15) is 34.1 Å². The molecule has 0 aliphatic carbocycles. The van der Waals surface area contributed by atoms with Gasteiger partial charge in [0.25, 0.3) is 0 Å². The smallest absolute Gasteiger partial charge is 0.00850 e. The van der Waals surface area contributed by atoms with Gasteiger partial charge < -0.3 is 5.73 Å². The molecule has 0 saturated carbocycles. The summed E-state index contributed by atoms with van der Waals surface area (Å²) in [6.07, 6.45) is 1.07. The molecule has 0 aliphatic heterocycles. The van der Waals surface area contributed by atoms with Crippen LogP contribution in [0, 0.1) is 5.41 Å². The van der Waals surface area contributed by atoms with Crippen LogP contribution in [0.4, 0.5) is 0 Å². The van der Waals surface area contributed by atoms with E-state index in [-0.39, 0.29) is 5.41 Å². The molecule has 1 heteroatoms. The van der Waals surface area contributed by atoms with E-state index in [9.17, 15) is 0 Å². The molecule has 0 aliphatic rings. The van der Waals surface area contributed by atoms with Crippen LogP contribution in [0.15, 0.2) is 0 Å². The van der Waals surface area contributed by atoms with Crippen molar-refractivity contribution >= 4 is 0 Å². The summed E-state index contributed by atoms with van der Waals surface area (Å²) in [5, 5.41) is 0. The Balaban J connectivity index is 3.62. The molecule has 1 atom stereocenters. The van der Waals surface area contributed by atoms with E-state index in [0.29, 0.717) is 6.04 Å². The van der Waals surface area contributed by atoms with Gasteiger partial charge in [-0.15, -0.1) is 0 Å². The van der Waals surface area contributed by atoms with Gasteiger partial charge in [0.05, 0.1) is 0 Å². The van der Waals surface area contributed by atoms with E-state index in [1.54, 1.807) is 0 Å². The highest BCUT2D eigenvalue weighted by Gasteiger charge is 2.17. The Kier molecular flexibility index (Phi) is 2.48. The molecule has 1 nitrogen and oxygen atoms in total. The molecular formula is C7H17N. The molecule has 0 spiro atoms. The molecular weight excluding hydrogens is 98.1 g/mol. The molecule has 0 rings (SSSR count). The van der Waals surface area contributed by atoms with Crippen LogP contribution in [0.3, 0.4) is 0 Å². The maximum atomic E-state index is 5.75. The Morgan fingerprint density at radius 3 is 1.75 bits per heavy atom. The minimum atomic E-state index is 0.286. The zero-order valence-corrected chi connectivity index (χ0v) is 6.36. The molecule has 0 amide bonds. The highest BCUT2D eigenvalue weighted by Crippen LogP contribution is 2.18. The normalized spacial score (nSPS) is 16.1. The molecule has 0 radical (unpaired) electrons. The predicted octanol–water partition coefficient (Wildman–Crippen LogP) is 1.77. The first-order valence-corrected chi connectivity index (χ1v) is 3.24. The molecule has 8 heavy (non-hydrogen) atoms. The van der Waals surface area contributed by atoms with Gasteiger partial charge >= 0.3 is 0 Å². The van der Waals surface area contributed by atoms with Crippen LogP contribution in [-0.4, -0.2) is 6.04 Å². The topological polar surface area (TPSA) is 26.0 Å². The third-order valence-corrected chi connectivity index (χ3v) is 1.55. The summed E-state index contributed by atoms with van der Waals surface area (Å²) in [4.78, 5) is 0. The standard InChI is InChI=1S/C7H17N/c1-5-6(8)7(2,3)4/h6H,5,8H2,1-4H3/t6-/m0/s1. The lowest BCUT2D eigenvalue weighted by molar-refractivity contribution is 0.313. The van der Waals surface area contributed by atoms with E-state index in [1.165, 1.54) is 0 Å². The highest BCUT2D eigenvalue weighted by atomic mass is 14.7. The van der Waals surface area contributed by atoms with E-state index in [2.05, 4.69) is 27.7 Å². The van der Waals surface area contributed by atoms with Crippen molar-refractivity contribution in [3.05, 3.63) is 0 Å². The summed E-state index contributed by atoms with van der Waals surface area (Å²) in [6.45, 7) is 8.62. The molecule has 0 aromatic heterocycles. The maximum absolute atomic E-state index is 5.75. The number of hydrogen-bond acceptors (Lipinski definition) is 1. The van der Waals surface area contributed by atoms with Gasteiger partial charge in [0.1, 0.15) is 0 Å². The zero-order valence-electron chi connectivity index (χ0n) is 6.36. The third-order valence-electron chi connectivity index (χ3n) is 1.55. The van der Waals surface area contributed by atoms with Gasteiger partial charge in [-0.3, -0.25) is 0 Å². The molecule has 0 heterocycles. The van der Waals surface area contributed by atoms with Gasteiger partial charge in [-0.25, -0.2) is 0 Å². The van der Waals surface area contributed by atoms with Crippen molar-refractivity contribution in [2.75, 3.05) is 0 Å². The second-order valence-electron chi connectivity index (χ2n) is 3.38. The second-order valence-corrected chi connectivity index (χ2v) is 3.38. The summed E-state index contributed by atoms with van der Waals surface area (Å²) >= 11 is 0. The highest BCUT2D eigenvalue weighted by molar-refractivity contribution is 4.74. The van der Waals surface area contributed by atoms with Crippen LogP contribution in [0.5, 0.6) is 0 Å². The molecule has 0 aromatic rings. The molecule has 0 fully saturated rings. The van der Waals surface area contributed by atoms with Gasteiger partial charge in [-0.05, 0) is 11.8 Å². The summed E-state index contributed by atoms with van der Waals surface area (Å²) < 4.78 is 0. The van der Waals surface area contributed by atoms with Crippen molar-refractivity contribution in [3.63, 3.8) is 0 Å². The lowest BCUT2D eigenvalue weighted by atomic mass is 9.86. The van der Waals surface area contributed by atoms with Crippen LogP contribution in [0.2, 0.25) is 0 Å². The zero-order chi connectivity index (χ0) is 6.78. The van der Waals surface area contributed by atoms with Gasteiger partial charge in [-0.2, -0.15) is 0 Å². The Morgan fingerprint density at radius 2 is 1.75 bits per heavy atom. The van der Waals surface area contributed by atoms with Crippen molar-refractivity contribution in [2.45, 2.75) is 40.2 Å². The fourth-order valence-corrected chi connectivity index (χ4v) is 0.612. The first-order valence-electron chi connectivity index (χ1n) is 3.24. The summed E-state index contributed by atoms with van der Waals surface area (Å²) in [5.41, 5.74) is 6.04. The number of hydrogen-bond donors (Lipinski definition) is 1. The fourth-order valence-electron chi connectivity index (χ4n) is 0.612. The molecule has 0 aromatic carbocycles. The SMILES string of the molecule is CC[C@H](N)C(C)(C)C. The van der Waals surface area contributed by atoms with Crippen molar-refractivity contribution in [1.29, 1.82) is 0 Å². The van der Waals surface area contributed by atoms with E-state index >= 15 is 0 Å². The van der Waals surface area contributed by atoms with Crippen LogP contribution in [-0.2, 0) is 0 Å². The van der Waals surface area contributed by atoms with Gasteiger partial charge in [0, 0.05) is 6.04 Å². The molecule has 2 N–H and O–H groups in total. The largest absolute Gasteiger partial charge is 0.327 e. The average molecular weight is 115 g/mol. The second kappa shape index (κ2) is 2.49. The minimum Gasteiger partial charge on any atom is -0.327 e. The van der Waals surface area contributed by atoms with Crippen LogP contribution in [0.25, 0.3) is 0 Å². The Bertz CT molecular complexity index is 61.3. The molecule has 0 bridgehead atoms. The monoisotopic (exact) mass is 115 g/mol. The minimum absolute atomic E-state index is 0.286. The first kappa shape index (κ1) is 7.96. The molecule has 0 unspecified atom stereocenters. The van der Waals surface area contributed by atoms with E-state index in [1.807, 2.05) is 0 Å². The third kappa shape index (κ3) is 2.31. The quantitative estimate of drug-likeness (QED) is 0.553. The van der Waals surface area contributed by atoms with Crippen LogP contribution >= 0.6 is 0 Å². The lowest BCUT2D eigenvalue weighted by Crippen LogP contribution is -2.33. The summed E-state index contributed by atoms with van der Waals surface area (Å²) in [6, 6.07) is 0.350. The predicted molar refractivity (Wildman–Crippen MR) is 37.7 cm³/mol. The van der Waals surface area contributed by atoms with E-state index in [0.717, 1.165) is 6.42 Å². The van der Waals surface area contributed by atoms with Gasteiger partial charge in [0.15, 0.2) is 0 Å². The number of nitrogens with two attached hydrogens (primary N) is 1. The Labute approximate surface area is 52.3 Å². The van der Waals surface area contributed by atoms with Crippen molar-refractivity contribution < 1.29 is 0 Å².